The van der Waals surface area contributed by atoms with Crippen LogP contribution in [-0.4, -0.2) is 58.9 Å². The predicted octanol–water partition coefficient (Wildman–Crippen LogP) is 0.567. The number of carboxylic acids is 1. The van der Waals surface area contributed by atoms with E-state index >= 15 is 0 Å². The lowest BCUT2D eigenvalue weighted by molar-refractivity contribution is -0.148. The molecule has 19 heavy (non-hydrogen) atoms. The molecule has 2 atom stereocenters. The number of carbonyl (C=O) groups is 3. The summed E-state index contributed by atoms with van der Waals surface area (Å²) in [6, 6.07) is -0.433. The lowest BCUT2D eigenvalue weighted by Gasteiger charge is -2.36. The molecule has 1 aliphatic heterocycles. The first kappa shape index (κ1) is 15.5. The van der Waals surface area contributed by atoms with Crippen LogP contribution in [0.3, 0.4) is 0 Å². The minimum absolute atomic E-state index is 0.0993. The summed E-state index contributed by atoms with van der Waals surface area (Å²) in [5, 5.41) is 8.86. The molecule has 0 spiro atoms. The van der Waals surface area contributed by atoms with Gasteiger partial charge in [-0.15, -0.1) is 0 Å². The fourth-order valence-electron chi connectivity index (χ4n) is 2.40. The molecule has 1 rings (SSSR count). The fraction of sp³-hybridized carbons (Fsp3) is 0.769. The Hall–Kier alpha value is -1.59. The van der Waals surface area contributed by atoms with E-state index in [9.17, 15) is 14.4 Å². The summed E-state index contributed by atoms with van der Waals surface area (Å²) in [4.78, 5) is 37.7. The molecule has 0 aromatic rings. The quantitative estimate of drug-likeness (QED) is 0.810. The van der Waals surface area contributed by atoms with Crippen LogP contribution in [0.15, 0.2) is 0 Å². The van der Waals surface area contributed by atoms with Crippen LogP contribution in [0.1, 0.15) is 33.1 Å². The maximum absolute atomic E-state index is 12.3. The van der Waals surface area contributed by atoms with Crippen molar-refractivity contribution < 1.29 is 19.5 Å². The van der Waals surface area contributed by atoms with Crippen molar-refractivity contribution >= 4 is 17.8 Å². The maximum Gasteiger partial charge on any atom is 0.308 e. The van der Waals surface area contributed by atoms with E-state index in [2.05, 4.69) is 0 Å². The highest BCUT2D eigenvalue weighted by Gasteiger charge is 2.32. The number of likely N-dealkylation sites (N-methyl/N-ethyl adjacent to an activating group) is 1. The number of likely N-dealkylation sites (tertiary alicyclic amines) is 1. The smallest absolute Gasteiger partial charge is 0.308 e. The van der Waals surface area contributed by atoms with Crippen molar-refractivity contribution in [3.63, 3.8) is 0 Å². The fourth-order valence-corrected chi connectivity index (χ4v) is 2.40. The molecule has 0 bridgehead atoms. The van der Waals surface area contributed by atoms with Gasteiger partial charge in [0.2, 0.25) is 11.8 Å². The molecule has 1 saturated heterocycles. The Bertz CT molecular complexity index is 370. The SMILES string of the molecule is CC(=O)N1CCCCC1C(=O)N(C)CC(C)C(=O)O. The third-order valence-corrected chi connectivity index (χ3v) is 3.54. The summed E-state index contributed by atoms with van der Waals surface area (Å²) in [5.41, 5.74) is 0. The van der Waals surface area contributed by atoms with Crippen molar-refractivity contribution in [3.05, 3.63) is 0 Å². The third kappa shape index (κ3) is 3.94. The second-order valence-corrected chi connectivity index (χ2v) is 5.18. The van der Waals surface area contributed by atoms with E-state index in [1.807, 2.05) is 0 Å². The molecule has 0 aromatic heterocycles. The molecular formula is C13H22N2O4. The minimum atomic E-state index is -0.924. The van der Waals surface area contributed by atoms with Crippen molar-refractivity contribution in [2.24, 2.45) is 5.92 Å². The molecule has 2 amide bonds. The monoisotopic (exact) mass is 270 g/mol. The normalized spacial score (nSPS) is 20.8. The number of carbonyl (C=O) groups excluding carboxylic acids is 2. The van der Waals surface area contributed by atoms with Gasteiger partial charge >= 0.3 is 5.97 Å². The molecule has 2 unspecified atom stereocenters. The third-order valence-electron chi connectivity index (χ3n) is 3.54. The van der Waals surface area contributed by atoms with E-state index < -0.39 is 17.9 Å². The topological polar surface area (TPSA) is 77.9 Å². The van der Waals surface area contributed by atoms with Gasteiger partial charge < -0.3 is 14.9 Å². The Labute approximate surface area is 113 Å². The zero-order chi connectivity index (χ0) is 14.6. The summed E-state index contributed by atoms with van der Waals surface area (Å²) in [6.07, 6.45) is 2.49. The molecule has 108 valence electrons. The first-order chi connectivity index (χ1) is 8.84. The van der Waals surface area contributed by atoms with Gasteiger partial charge in [0.15, 0.2) is 0 Å². The van der Waals surface area contributed by atoms with Gasteiger partial charge in [0, 0.05) is 27.1 Å². The molecular weight excluding hydrogens is 248 g/mol. The maximum atomic E-state index is 12.3. The molecule has 1 aliphatic rings. The number of rotatable bonds is 4. The van der Waals surface area contributed by atoms with Gasteiger partial charge in [-0.3, -0.25) is 14.4 Å². The highest BCUT2D eigenvalue weighted by molar-refractivity contribution is 5.87. The van der Waals surface area contributed by atoms with Crippen LogP contribution in [0.2, 0.25) is 0 Å². The van der Waals surface area contributed by atoms with Gasteiger partial charge in [-0.1, -0.05) is 6.92 Å². The van der Waals surface area contributed by atoms with E-state index in [1.54, 1.807) is 18.9 Å². The first-order valence-electron chi connectivity index (χ1n) is 6.59. The molecule has 0 saturated carbocycles. The molecule has 1 N–H and O–H groups in total. The Morgan fingerprint density at radius 1 is 1.37 bits per heavy atom. The standard InChI is InChI=1S/C13H22N2O4/c1-9(13(18)19)8-14(3)12(17)11-6-4-5-7-15(11)10(2)16/h9,11H,4-8H2,1-3H3,(H,18,19). The second kappa shape index (κ2) is 6.54. The molecule has 0 aromatic carbocycles. The zero-order valence-electron chi connectivity index (χ0n) is 11.8. The van der Waals surface area contributed by atoms with Crippen molar-refractivity contribution in [2.45, 2.75) is 39.2 Å². The van der Waals surface area contributed by atoms with Gasteiger partial charge in [-0.05, 0) is 19.3 Å². The minimum Gasteiger partial charge on any atom is -0.481 e. The average molecular weight is 270 g/mol. The zero-order valence-corrected chi connectivity index (χ0v) is 11.8. The van der Waals surface area contributed by atoms with E-state index in [1.165, 1.54) is 11.8 Å². The number of piperidine rings is 1. The Kier molecular flexibility index (Phi) is 5.32. The largest absolute Gasteiger partial charge is 0.481 e. The van der Waals surface area contributed by atoms with Crippen LogP contribution in [0.25, 0.3) is 0 Å². The van der Waals surface area contributed by atoms with Gasteiger partial charge in [0.1, 0.15) is 6.04 Å². The van der Waals surface area contributed by atoms with Crippen LogP contribution >= 0.6 is 0 Å². The van der Waals surface area contributed by atoms with Gasteiger partial charge in [-0.2, -0.15) is 0 Å². The average Bonchev–Trinajstić information content (AvgIpc) is 2.37. The summed E-state index contributed by atoms with van der Waals surface area (Å²) in [6.45, 7) is 3.80. The van der Waals surface area contributed by atoms with Gasteiger partial charge in [-0.25, -0.2) is 0 Å². The lowest BCUT2D eigenvalue weighted by atomic mass is 10.0. The van der Waals surface area contributed by atoms with Gasteiger partial charge in [0.05, 0.1) is 5.92 Å². The molecule has 1 fully saturated rings. The molecule has 0 radical (unpaired) electrons. The number of nitrogens with zero attached hydrogens (tertiary/aromatic N) is 2. The van der Waals surface area contributed by atoms with E-state index in [4.69, 9.17) is 5.11 Å². The lowest BCUT2D eigenvalue weighted by Crippen LogP contribution is -2.52. The number of hydrogen-bond acceptors (Lipinski definition) is 3. The summed E-state index contributed by atoms with van der Waals surface area (Å²) < 4.78 is 0. The van der Waals surface area contributed by atoms with Crippen LogP contribution in [0.5, 0.6) is 0 Å². The summed E-state index contributed by atoms with van der Waals surface area (Å²) >= 11 is 0. The van der Waals surface area contributed by atoms with Crippen molar-refractivity contribution in [2.75, 3.05) is 20.1 Å². The second-order valence-electron chi connectivity index (χ2n) is 5.18. The number of aliphatic carboxylic acids is 1. The van der Waals surface area contributed by atoms with Crippen molar-refractivity contribution in [3.8, 4) is 0 Å². The highest BCUT2D eigenvalue weighted by atomic mass is 16.4. The van der Waals surface area contributed by atoms with E-state index in [0.29, 0.717) is 13.0 Å². The Morgan fingerprint density at radius 2 is 2.00 bits per heavy atom. The molecule has 1 heterocycles. The summed E-state index contributed by atoms with van der Waals surface area (Å²) in [5.74, 6) is -1.80. The first-order valence-corrected chi connectivity index (χ1v) is 6.59. The Balaban J connectivity index is 2.68. The predicted molar refractivity (Wildman–Crippen MR) is 69.5 cm³/mol. The molecule has 6 heteroatoms. The summed E-state index contributed by atoms with van der Waals surface area (Å²) in [7, 11) is 1.59. The molecule has 0 aliphatic carbocycles. The molecule has 6 nitrogen and oxygen atoms in total. The number of carboxylic acid groups (broad SMARTS) is 1. The van der Waals surface area contributed by atoms with Gasteiger partial charge in [0.25, 0.3) is 0 Å². The van der Waals surface area contributed by atoms with Crippen LogP contribution in [0, 0.1) is 5.92 Å². The number of hydrogen-bond donors (Lipinski definition) is 1. The highest BCUT2D eigenvalue weighted by Crippen LogP contribution is 2.19. The van der Waals surface area contributed by atoms with E-state index in [0.717, 1.165) is 12.8 Å². The van der Waals surface area contributed by atoms with Crippen LogP contribution < -0.4 is 0 Å². The Morgan fingerprint density at radius 3 is 2.53 bits per heavy atom. The van der Waals surface area contributed by atoms with Crippen molar-refractivity contribution in [1.29, 1.82) is 0 Å². The van der Waals surface area contributed by atoms with Crippen LogP contribution in [0.4, 0.5) is 0 Å². The van der Waals surface area contributed by atoms with E-state index in [-0.39, 0.29) is 18.4 Å². The number of amides is 2. The van der Waals surface area contributed by atoms with Crippen LogP contribution in [-0.2, 0) is 14.4 Å². The van der Waals surface area contributed by atoms with Crippen molar-refractivity contribution in [1.82, 2.24) is 9.80 Å².